The second-order valence-electron chi connectivity index (χ2n) is 6.97. The molecule has 2 aromatic carbocycles. The zero-order valence-corrected chi connectivity index (χ0v) is 18.6. The van der Waals surface area contributed by atoms with E-state index in [1.807, 2.05) is 0 Å². The third-order valence-electron chi connectivity index (χ3n) is 4.75. The van der Waals surface area contributed by atoms with Gasteiger partial charge in [-0.15, -0.1) is 0 Å². The van der Waals surface area contributed by atoms with Gasteiger partial charge in [0.25, 0.3) is 5.91 Å². The maximum atomic E-state index is 12.7. The van der Waals surface area contributed by atoms with Crippen LogP contribution in [0.3, 0.4) is 0 Å². The third kappa shape index (κ3) is 5.28. The lowest BCUT2D eigenvalue weighted by Crippen LogP contribution is -2.40. The molecule has 0 unspecified atom stereocenters. The monoisotopic (exact) mass is 476 g/mol. The number of carbonyl (C=O) groups excluding carboxylic acids is 1. The van der Waals surface area contributed by atoms with Crippen LogP contribution >= 0.6 is 11.6 Å². The average Bonchev–Trinajstić information content (AvgIpc) is 3.28. The minimum Gasteiger partial charge on any atom is -0.471 e. The Morgan fingerprint density at radius 3 is 2.59 bits per heavy atom. The molecule has 1 aromatic heterocycles. The Labute approximate surface area is 190 Å². The van der Waals surface area contributed by atoms with Gasteiger partial charge in [-0.1, -0.05) is 17.7 Å². The second kappa shape index (κ2) is 9.70. The summed E-state index contributed by atoms with van der Waals surface area (Å²) in [4.78, 5) is 12.7. The highest BCUT2D eigenvalue weighted by Gasteiger charge is 2.26. The van der Waals surface area contributed by atoms with Gasteiger partial charge in [0.05, 0.1) is 18.1 Å². The Morgan fingerprint density at radius 2 is 1.88 bits per heavy atom. The first-order valence-corrected chi connectivity index (χ1v) is 11.6. The molecular weight excluding hydrogens is 456 g/mol. The summed E-state index contributed by atoms with van der Waals surface area (Å²) in [5, 5.41) is 7.47. The maximum Gasteiger partial charge on any atom is 0.276 e. The van der Waals surface area contributed by atoms with E-state index in [4.69, 9.17) is 21.1 Å². The number of hydrogen-bond donors (Lipinski definition) is 1. The summed E-state index contributed by atoms with van der Waals surface area (Å²) in [5.74, 6) is 0.168. The van der Waals surface area contributed by atoms with Gasteiger partial charge in [-0.05, 0) is 48.5 Å². The number of rotatable bonds is 7. The molecule has 0 bridgehead atoms. The van der Waals surface area contributed by atoms with Crippen molar-refractivity contribution in [1.29, 1.82) is 0 Å². The highest BCUT2D eigenvalue weighted by atomic mass is 35.5. The van der Waals surface area contributed by atoms with Crippen molar-refractivity contribution in [3.63, 3.8) is 0 Å². The van der Waals surface area contributed by atoms with Crippen LogP contribution in [0.5, 0.6) is 5.75 Å². The van der Waals surface area contributed by atoms with Crippen molar-refractivity contribution >= 4 is 33.2 Å². The van der Waals surface area contributed by atoms with Crippen LogP contribution in [0.25, 0.3) is 0 Å². The van der Waals surface area contributed by atoms with E-state index in [1.165, 1.54) is 21.1 Å². The Morgan fingerprint density at radius 1 is 1.12 bits per heavy atom. The van der Waals surface area contributed by atoms with Crippen LogP contribution in [-0.2, 0) is 21.5 Å². The first-order valence-electron chi connectivity index (χ1n) is 9.83. The Hall–Kier alpha value is -2.92. The number of halogens is 1. The molecule has 4 rings (SSSR count). The smallest absolute Gasteiger partial charge is 0.276 e. The normalized spacial score (nSPS) is 14.8. The van der Waals surface area contributed by atoms with E-state index < -0.39 is 15.9 Å². The number of sulfonamides is 1. The van der Waals surface area contributed by atoms with Crippen LogP contribution in [0.4, 0.5) is 5.69 Å². The van der Waals surface area contributed by atoms with E-state index in [1.54, 1.807) is 48.7 Å². The van der Waals surface area contributed by atoms with Gasteiger partial charge in [-0.2, -0.15) is 9.40 Å². The number of nitrogens with one attached hydrogen (secondary N) is 1. The number of amides is 1. The SMILES string of the molecule is O=C(Nc1ccc(S(=O)(=O)N2CCOCC2)cc1)c1ccn(COc2cccc(Cl)c2)n1. The van der Waals surface area contributed by atoms with Gasteiger partial charge in [0.15, 0.2) is 12.4 Å². The topological polar surface area (TPSA) is 103 Å². The molecule has 0 saturated carbocycles. The van der Waals surface area contributed by atoms with Crippen LogP contribution in [0.15, 0.2) is 65.7 Å². The second-order valence-corrected chi connectivity index (χ2v) is 9.34. The number of benzene rings is 2. The number of morpholine rings is 1. The zero-order valence-electron chi connectivity index (χ0n) is 17.0. The van der Waals surface area contributed by atoms with E-state index >= 15 is 0 Å². The third-order valence-corrected chi connectivity index (χ3v) is 6.90. The molecule has 1 fully saturated rings. The van der Waals surface area contributed by atoms with Crippen molar-refractivity contribution in [3.05, 3.63) is 71.5 Å². The van der Waals surface area contributed by atoms with Crippen LogP contribution in [0, 0.1) is 0 Å². The van der Waals surface area contributed by atoms with Crippen LogP contribution < -0.4 is 10.1 Å². The lowest BCUT2D eigenvalue weighted by atomic mass is 10.3. The number of hydrogen-bond acceptors (Lipinski definition) is 6. The number of ether oxygens (including phenoxy) is 2. The van der Waals surface area contributed by atoms with Crippen LogP contribution in [0.2, 0.25) is 5.02 Å². The first kappa shape index (κ1) is 22.3. The fourth-order valence-corrected chi connectivity index (χ4v) is 4.68. The molecule has 32 heavy (non-hydrogen) atoms. The van der Waals surface area contributed by atoms with Gasteiger partial charge < -0.3 is 14.8 Å². The lowest BCUT2D eigenvalue weighted by Gasteiger charge is -2.26. The molecular formula is C21H21ClN4O5S. The highest BCUT2D eigenvalue weighted by Crippen LogP contribution is 2.20. The van der Waals surface area contributed by atoms with Gasteiger partial charge in [-0.25, -0.2) is 13.1 Å². The van der Waals surface area contributed by atoms with Crippen molar-refractivity contribution in [2.45, 2.75) is 11.6 Å². The van der Waals surface area contributed by atoms with Crippen molar-refractivity contribution < 1.29 is 22.7 Å². The Kier molecular flexibility index (Phi) is 6.75. The van der Waals surface area contributed by atoms with Crippen LogP contribution in [0.1, 0.15) is 10.5 Å². The van der Waals surface area contributed by atoms with Crippen molar-refractivity contribution in [3.8, 4) is 5.75 Å². The largest absolute Gasteiger partial charge is 0.471 e. The molecule has 1 aliphatic rings. The molecule has 11 heteroatoms. The molecule has 0 radical (unpaired) electrons. The molecule has 1 N–H and O–H groups in total. The molecule has 1 aliphatic heterocycles. The summed E-state index contributed by atoms with van der Waals surface area (Å²) in [7, 11) is -3.59. The lowest BCUT2D eigenvalue weighted by molar-refractivity contribution is 0.0730. The summed E-state index contributed by atoms with van der Waals surface area (Å²) < 4.78 is 39.0. The van der Waals surface area contributed by atoms with Crippen molar-refractivity contribution in [2.24, 2.45) is 0 Å². The predicted octanol–water partition coefficient (Wildman–Crippen LogP) is 2.85. The van der Waals surface area contributed by atoms with Crippen molar-refractivity contribution in [1.82, 2.24) is 14.1 Å². The molecule has 168 valence electrons. The van der Waals surface area contributed by atoms with E-state index in [2.05, 4.69) is 10.4 Å². The van der Waals surface area contributed by atoms with Gasteiger partial charge in [-0.3, -0.25) is 4.79 Å². The number of aromatic nitrogens is 2. The van der Waals surface area contributed by atoms with E-state index in [9.17, 15) is 13.2 Å². The summed E-state index contributed by atoms with van der Waals surface area (Å²) >= 11 is 5.93. The highest BCUT2D eigenvalue weighted by molar-refractivity contribution is 7.89. The minimum atomic E-state index is -3.59. The first-order chi connectivity index (χ1) is 15.4. The van der Waals surface area contributed by atoms with Crippen LogP contribution in [-0.4, -0.2) is 54.7 Å². The number of nitrogens with zero attached hydrogens (tertiary/aromatic N) is 3. The predicted molar refractivity (Wildman–Crippen MR) is 118 cm³/mol. The maximum absolute atomic E-state index is 12.7. The molecule has 3 aromatic rings. The summed E-state index contributed by atoms with van der Waals surface area (Å²) in [6, 6.07) is 14.6. The van der Waals surface area contributed by atoms with Crippen molar-refractivity contribution in [2.75, 3.05) is 31.6 Å². The van der Waals surface area contributed by atoms with Gasteiger partial charge in [0.2, 0.25) is 10.0 Å². The van der Waals surface area contributed by atoms with Gasteiger partial charge in [0, 0.05) is 30.0 Å². The molecule has 0 spiro atoms. The van der Waals surface area contributed by atoms with E-state index in [0.717, 1.165) is 0 Å². The van der Waals surface area contributed by atoms with Gasteiger partial charge in [0.1, 0.15) is 5.75 Å². The molecule has 1 amide bonds. The molecule has 0 aliphatic carbocycles. The van der Waals surface area contributed by atoms with E-state index in [0.29, 0.717) is 42.8 Å². The molecule has 9 nitrogen and oxygen atoms in total. The summed E-state index contributed by atoms with van der Waals surface area (Å²) in [6.07, 6.45) is 1.62. The van der Waals surface area contributed by atoms with Gasteiger partial charge >= 0.3 is 0 Å². The molecule has 1 saturated heterocycles. The Bertz CT molecular complexity index is 1190. The number of carbonyl (C=O) groups is 1. The quantitative estimate of drug-likeness (QED) is 0.562. The molecule has 0 atom stereocenters. The Balaban J connectivity index is 1.36. The van der Waals surface area contributed by atoms with E-state index in [-0.39, 0.29) is 17.3 Å². The fraction of sp³-hybridized carbons (Fsp3) is 0.238. The summed E-state index contributed by atoms with van der Waals surface area (Å²) in [6.45, 7) is 1.52. The number of anilines is 1. The average molecular weight is 477 g/mol. The summed E-state index contributed by atoms with van der Waals surface area (Å²) in [5.41, 5.74) is 0.658. The molecule has 2 heterocycles. The fourth-order valence-electron chi connectivity index (χ4n) is 3.09. The standard InChI is InChI=1S/C21H21ClN4O5S/c22-16-2-1-3-18(14-16)31-15-25-9-8-20(24-25)21(27)23-17-4-6-19(7-5-17)32(28,29)26-10-12-30-13-11-26/h1-9,14H,10-13,15H2,(H,23,27). The minimum absolute atomic E-state index is 0.113. The zero-order chi connectivity index (χ0) is 22.6.